The van der Waals surface area contributed by atoms with Gasteiger partial charge in [0.1, 0.15) is 13.2 Å². The average Bonchev–Trinajstić information content (AvgIpc) is 2.30. The molecule has 0 fully saturated rings. The topological polar surface area (TPSA) is 47.7 Å². The van der Waals surface area contributed by atoms with Crippen LogP contribution in [-0.4, -0.2) is 25.8 Å². The fourth-order valence-electron chi connectivity index (χ4n) is 2.16. The SMILES string of the molecule is CCN(c1cc2c(cc1N)OCCO2)C(C)C. The number of anilines is 2. The molecule has 0 bridgehead atoms. The summed E-state index contributed by atoms with van der Waals surface area (Å²) in [5.41, 5.74) is 7.84. The van der Waals surface area contributed by atoms with Gasteiger partial charge < -0.3 is 20.1 Å². The Morgan fingerprint density at radius 1 is 1.24 bits per heavy atom. The second-order valence-corrected chi connectivity index (χ2v) is 4.43. The quantitative estimate of drug-likeness (QED) is 0.818. The van der Waals surface area contributed by atoms with Crippen molar-refractivity contribution in [2.45, 2.75) is 26.8 Å². The van der Waals surface area contributed by atoms with E-state index >= 15 is 0 Å². The van der Waals surface area contributed by atoms with Crippen molar-refractivity contribution in [2.75, 3.05) is 30.4 Å². The Bertz CT molecular complexity index is 405. The van der Waals surface area contributed by atoms with Crippen molar-refractivity contribution in [1.82, 2.24) is 0 Å². The highest BCUT2D eigenvalue weighted by Crippen LogP contribution is 2.39. The lowest BCUT2D eigenvalue weighted by atomic mass is 10.2. The van der Waals surface area contributed by atoms with Crippen molar-refractivity contribution >= 4 is 11.4 Å². The molecule has 0 saturated heterocycles. The Morgan fingerprint density at radius 3 is 2.35 bits per heavy atom. The van der Waals surface area contributed by atoms with Crippen molar-refractivity contribution in [3.63, 3.8) is 0 Å². The molecule has 94 valence electrons. The van der Waals surface area contributed by atoms with E-state index in [0.29, 0.717) is 19.3 Å². The first-order valence-electron chi connectivity index (χ1n) is 6.09. The van der Waals surface area contributed by atoms with Gasteiger partial charge in [0.2, 0.25) is 0 Å². The number of hydrogen-bond donors (Lipinski definition) is 1. The fourth-order valence-corrected chi connectivity index (χ4v) is 2.16. The lowest BCUT2D eigenvalue weighted by Crippen LogP contribution is -2.31. The van der Waals surface area contributed by atoms with Crippen molar-refractivity contribution < 1.29 is 9.47 Å². The molecule has 1 heterocycles. The Hall–Kier alpha value is -1.58. The summed E-state index contributed by atoms with van der Waals surface area (Å²) in [6.07, 6.45) is 0. The second kappa shape index (κ2) is 4.73. The molecule has 0 aliphatic carbocycles. The van der Waals surface area contributed by atoms with Crippen LogP contribution in [0.1, 0.15) is 20.8 Å². The third-order valence-corrected chi connectivity index (χ3v) is 2.96. The Labute approximate surface area is 102 Å². The molecule has 1 aliphatic rings. The van der Waals surface area contributed by atoms with E-state index in [1.807, 2.05) is 12.1 Å². The third kappa shape index (κ3) is 2.25. The van der Waals surface area contributed by atoms with Crippen LogP contribution in [0.15, 0.2) is 12.1 Å². The smallest absolute Gasteiger partial charge is 0.163 e. The molecule has 0 radical (unpaired) electrons. The summed E-state index contributed by atoms with van der Waals surface area (Å²) in [7, 11) is 0. The molecule has 2 N–H and O–H groups in total. The van der Waals surface area contributed by atoms with Crippen LogP contribution in [0.4, 0.5) is 11.4 Å². The van der Waals surface area contributed by atoms with E-state index in [2.05, 4.69) is 25.7 Å². The highest BCUT2D eigenvalue weighted by molar-refractivity contribution is 5.73. The van der Waals surface area contributed by atoms with Gasteiger partial charge in [0.05, 0.1) is 11.4 Å². The number of nitrogens with two attached hydrogens (primary N) is 1. The Kier molecular flexibility index (Phi) is 3.31. The van der Waals surface area contributed by atoms with Gasteiger partial charge in [-0.2, -0.15) is 0 Å². The van der Waals surface area contributed by atoms with Gasteiger partial charge in [0.15, 0.2) is 11.5 Å². The molecule has 0 saturated carbocycles. The highest BCUT2D eigenvalue weighted by atomic mass is 16.6. The molecule has 4 heteroatoms. The highest BCUT2D eigenvalue weighted by Gasteiger charge is 2.18. The molecule has 1 aliphatic heterocycles. The zero-order valence-corrected chi connectivity index (χ0v) is 10.7. The summed E-state index contributed by atoms with van der Waals surface area (Å²) in [5.74, 6) is 1.54. The maximum Gasteiger partial charge on any atom is 0.163 e. The maximum atomic E-state index is 6.08. The number of rotatable bonds is 3. The van der Waals surface area contributed by atoms with Crippen LogP contribution in [0, 0.1) is 0 Å². The van der Waals surface area contributed by atoms with Gasteiger partial charge in [0, 0.05) is 24.7 Å². The van der Waals surface area contributed by atoms with Gasteiger partial charge >= 0.3 is 0 Å². The lowest BCUT2D eigenvalue weighted by Gasteiger charge is -2.30. The van der Waals surface area contributed by atoms with Crippen molar-refractivity contribution in [3.05, 3.63) is 12.1 Å². The molecule has 17 heavy (non-hydrogen) atoms. The average molecular weight is 236 g/mol. The van der Waals surface area contributed by atoms with Crippen LogP contribution >= 0.6 is 0 Å². The van der Waals surface area contributed by atoms with Gasteiger partial charge in [-0.15, -0.1) is 0 Å². The van der Waals surface area contributed by atoms with E-state index in [1.165, 1.54) is 0 Å². The second-order valence-electron chi connectivity index (χ2n) is 4.43. The summed E-state index contributed by atoms with van der Waals surface area (Å²) >= 11 is 0. The number of fused-ring (bicyclic) bond motifs is 1. The number of nitrogen functional groups attached to an aromatic ring is 1. The van der Waals surface area contributed by atoms with Crippen LogP contribution in [0.25, 0.3) is 0 Å². The summed E-state index contributed by atoms with van der Waals surface area (Å²) in [5, 5.41) is 0. The van der Waals surface area contributed by atoms with Gasteiger partial charge in [0.25, 0.3) is 0 Å². The molecular formula is C13H20N2O2. The molecule has 1 aromatic carbocycles. The minimum atomic E-state index is 0.407. The number of hydrogen-bond acceptors (Lipinski definition) is 4. The van der Waals surface area contributed by atoms with Crippen molar-refractivity contribution in [1.29, 1.82) is 0 Å². The lowest BCUT2D eigenvalue weighted by molar-refractivity contribution is 0.172. The first-order valence-corrected chi connectivity index (χ1v) is 6.09. The van der Waals surface area contributed by atoms with Crippen molar-refractivity contribution in [2.24, 2.45) is 0 Å². The number of nitrogens with zero attached hydrogens (tertiary/aromatic N) is 1. The fraction of sp³-hybridized carbons (Fsp3) is 0.538. The van der Waals surface area contributed by atoms with Crippen LogP contribution in [0.2, 0.25) is 0 Å². The van der Waals surface area contributed by atoms with Crippen LogP contribution in [0.5, 0.6) is 11.5 Å². The van der Waals surface area contributed by atoms with E-state index in [1.54, 1.807) is 0 Å². The molecule has 0 amide bonds. The van der Waals surface area contributed by atoms with Crippen molar-refractivity contribution in [3.8, 4) is 11.5 Å². The molecule has 0 spiro atoms. The van der Waals surface area contributed by atoms with Gasteiger partial charge in [-0.3, -0.25) is 0 Å². The predicted octanol–water partition coefficient (Wildman–Crippen LogP) is 2.27. The molecule has 0 atom stereocenters. The zero-order chi connectivity index (χ0) is 12.4. The summed E-state index contributed by atoms with van der Waals surface area (Å²) in [6, 6.07) is 4.24. The molecule has 0 aromatic heterocycles. The first kappa shape index (κ1) is 11.9. The van der Waals surface area contributed by atoms with E-state index in [4.69, 9.17) is 15.2 Å². The van der Waals surface area contributed by atoms with E-state index in [0.717, 1.165) is 29.4 Å². The van der Waals surface area contributed by atoms with Gasteiger partial charge in [-0.1, -0.05) is 0 Å². The Morgan fingerprint density at radius 2 is 1.82 bits per heavy atom. The molecule has 4 nitrogen and oxygen atoms in total. The standard InChI is InChI=1S/C13H20N2O2/c1-4-15(9(2)3)11-8-13-12(7-10(11)14)16-5-6-17-13/h7-9H,4-6,14H2,1-3H3. The van der Waals surface area contributed by atoms with E-state index < -0.39 is 0 Å². The molecular weight excluding hydrogens is 216 g/mol. The molecule has 2 rings (SSSR count). The normalized spacial score (nSPS) is 13.9. The summed E-state index contributed by atoms with van der Waals surface area (Å²) in [4.78, 5) is 2.24. The number of ether oxygens (including phenoxy) is 2. The summed E-state index contributed by atoms with van der Waals surface area (Å²) in [6.45, 7) is 8.54. The maximum absolute atomic E-state index is 6.08. The predicted molar refractivity (Wildman–Crippen MR) is 70.0 cm³/mol. The first-order chi connectivity index (χ1) is 8.13. The van der Waals surface area contributed by atoms with E-state index in [-0.39, 0.29) is 0 Å². The number of benzene rings is 1. The Balaban J connectivity index is 2.40. The minimum Gasteiger partial charge on any atom is -0.486 e. The monoisotopic (exact) mass is 236 g/mol. The third-order valence-electron chi connectivity index (χ3n) is 2.96. The minimum absolute atomic E-state index is 0.407. The zero-order valence-electron chi connectivity index (χ0n) is 10.7. The van der Waals surface area contributed by atoms with E-state index in [9.17, 15) is 0 Å². The van der Waals surface area contributed by atoms with Gasteiger partial charge in [-0.25, -0.2) is 0 Å². The largest absolute Gasteiger partial charge is 0.486 e. The van der Waals surface area contributed by atoms with Gasteiger partial charge in [-0.05, 0) is 20.8 Å². The van der Waals surface area contributed by atoms with Crippen LogP contribution in [0.3, 0.4) is 0 Å². The molecule has 1 aromatic rings. The van der Waals surface area contributed by atoms with Crippen LogP contribution < -0.4 is 20.1 Å². The van der Waals surface area contributed by atoms with Crippen LogP contribution in [-0.2, 0) is 0 Å². The molecule has 0 unspecified atom stereocenters. The summed E-state index contributed by atoms with van der Waals surface area (Å²) < 4.78 is 11.1.